The highest BCUT2D eigenvalue weighted by Crippen LogP contribution is 2.27. The lowest BCUT2D eigenvalue weighted by molar-refractivity contribution is 0.112. The van der Waals surface area contributed by atoms with Gasteiger partial charge in [-0.1, -0.05) is 32.9 Å². The van der Waals surface area contributed by atoms with Crippen molar-refractivity contribution in [2.45, 2.75) is 26.2 Å². The van der Waals surface area contributed by atoms with Gasteiger partial charge in [-0.2, -0.15) is 0 Å². The second-order valence-corrected chi connectivity index (χ2v) is 5.43. The third-order valence-corrected chi connectivity index (χ3v) is 2.82. The summed E-state index contributed by atoms with van der Waals surface area (Å²) in [7, 11) is 0. The largest absolute Gasteiger partial charge is 0.439 e. The van der Waals surface area contributed by atoms with Gasteiger partial charge in [0.15, 0.2) is 6.29 Å². The minimum Gasteiger partial charge on any atom is -0.439 e. The topological polar surface area (TPSA) is 39.2 Å². The van der Waals surface area contributed by atoms with Crippen molar-refractivity contribution < 1.29 is 9.53 Å². The van der Waals surface area contributed by atoms with E-state index in [1.807, 2.05) is 18.2 Å². The number of rotatable bonds is 3. The van der Waals surface area contributed by atoms with Gasteiger partial charge in [0, 0.05) is 17.8 Å². The van der Waals surface area contributed by atoms with Gasteiger partial charge in [-0.25, -0.2) is 4.98 Å². The van der Waals surface area contributed by atoms with E-state index in [9.17, 15) is 4.79 Å². The van der Waals surface area contributed by atoms with Crippen molar-refractivity contribution in [1.82, 2.24) is 4.98 Å². The molecule has 0 aliphatic carbocycles. The smallest absolute Gasteiger partial charge is 0.219 e. The number of carbonyl (C=O) groups excluding carboxylic acids is 1. The van der Waals surface area contributed by atoms with Crippen LogP contribution in [0.5, 0.6) is 11.6 Å². The summed E-state index contributed by atoms with van der Waals surface area (Å²) in [5, 5.41) is 0. The zero-order valence-electron chi connectivity index (χ0n) is 11.4. The molecule has 0 aliphatic heterocycles. The first-order chi connectivity index (χ1) is 8.99. The number of hydrogen-bond donors (Lipinski definition) is 0. The molecule has 0 aliphatic rings. The molecule has 2 rings (SSSR count). The Hall–Kier alpha value is -2.16. The van der Waals surface area contributed by atoms with E-state index in [0.29, 0.717) is 11.4 Å². The first-order valence-electron chi connectivity index (χ1n) is 6.19. The molecule has 0 spiro atoms. The second-order valence-electron chi connectivity index (χ2n) is 5.43. The van der Waals surface area contributed by atoms with Crippen molar-refractivity contribution in [3.63, 3.8) is 0 Å². The number of benzene rings is 1. The fourth-order valence-corrected chi connectivity index (χ4v) is 1.67. The molecule has 19 heavy (non-hydrogen) atoms. The summed E-state index contributed by atoms with van der Waals surface area (Å²) in [5.74, 6) is 1.23. The highest BCUT2D eigenvalue weighted by Gasteiger charge is 2.14. The monoisotopic (exact) mass is 255 g/mol. The number of aldehydes is 1. The average molecular weight is 255 g/mol. The summed E-state index contributed by atoms with van der Waals surface area (Å²) in [6, 6.07) is 11.3. The number of nitrogens with zero attached hydrogens (tertiary/aromatic N) is 1. The van der Waals surface area contributed by atoms with E-state index in [1.165, 1.54) is 11.8 Å². The van der Waals surface area contributed by atoms with E-state index < -0.39 is 0 Å². The molecular formula is C16H17NO2. The first kappa shape index (κ1) is 13.3. The molecule has 0 N–H and O–H groups in total. The predicted octanol–water partition coefficient (Wildman–Crippen LogP) is 3.98. The normalized spacial score (nSPS) is 11.1. The van der Waals surface area contributed by atoms with Gasteiger partial charge in [0.1, 0.15) is 5.75 Å². The third-order valence-electron chi connectivity index (χ3n) is 2.82. The van der Waals surface area contributed by atoms with E-state index in [1.54, 1.807) is 12.1 Å². The Morgan fingerprint density at radius 2 is 1.95 bits per heavy atom. The summed E-state index contributed by atoms with van der Waals surface area (Å²) in [6.07, 6.45) is 2.26. The van der Waals surface area contributed by atoms with Crippen LogP contribution in [0.4, 0.5) is 0 Å². The van der Waals surface area contributed by atoms with Gasteiger partial charge < -0.3 is 4.74 Å². The molecule has 0 saturated carbocycles. The number of pyridine rings is 1. The molecule has 2 aromatic rings. The van der Waals surface area contributed by atoms with E-state index in [-0.39, 0.29) is 5.41 Å². The maximum atomic E-state index is 10.6. The predicted molar refractivity (Wildman–Crippen MR) is 74.8 cm³/mol. The molecule has 3 nitrogen and oxygen atoms in total. The fourth-order valence-electron chi connectivity index (χ4n) is 1.67. The molecule has 0 bridgehead atoms. The molecule has 1 aromatic carbocycles. The number of aromatic nitrogens is 1. The fraction of sp³-hybridized carbons (Fsp3) is 0.250. The SMILES string of the molecule is CC(C)(C)c1cccc(Oc2ccc(C=O)cn2)c1. The quantitative estimate of drug-likeness (QED) is 0.778. The maximum Gasteiger partial charge on any atom is 0.219 e. The summed E-state index contributed by atoms with van der Waals surface area (Å²) in [6.45, 7) is 6.47. The van der Waals surface area contributed by atoms with Crippen LogP contribution in [-0.2, 0) is 5.41 Å². The van der Waals surface area contributed by atoms with Crippen LogP contribution < -0.4 is 4.74 Å². The maximum absolute atomic E-state index is 10.6. The van der Waals surface area contributed by atoms with Crippen molar-refractivity contribution in [1.29, 1.82) is 0 Å². The lowest BCUT2D eigenvalue weighted by Gasteiger charge is -2.19. The summed E-state index contributed by atoms with van der Waals surface area (Å²) in [5.41, 5.74) is 1.82. The zero-order chi connectivity index (χ0) is 13.9. The van der Waals surface area contributed by atoms with Gasteiger partial charge in [-0.15, -0.1) is 0 Å². The molecule has 0 saturated heterocycles. The Morgan fingerprint density at radius 3 is 2.53 bits per heavy atom. The van der Waals surface area contributed by atoms with E-state index >= 15 is 0 Å². The third kappa shape index (κ3) is 3.41. The van der Waals surface area contributed by atoms with Gasteiger partial charge in [0.25, 0.3) is 0 Å². The molecule has 0 amide bonds. The van der Waals surface area contributed by atoms with Crippen LogP contribution in [0.25, 0.3) is 0 Å². The van der Waals surface area contributed by atoms with Gasteiger partial charge in [-0.05, 0) is 29.2 Å². The summed E-state index contributed by atoms with van der Waals surface area (Å²) >= 11 is 0. The minimum atomic E-state index is 0.0776. The molecule has 1 aromatic heterocycles. The van der Waals surface area contributed by atoms with Crippen LogP contribution >= 0.6 is 0 Å². The Morgan fingerprint density at radius 1 is 1.16 bits per heavy atom. The standard InChI is InChI=1S/C16H17NO2/c1-16(2,3)13-5-4-6-14(9-13)19-15-8-7-12(11-18)10-17-15/h4-11H,1-3H3. The highest BCUT2D eigenvalue weighted by molar-refractivity contribution is 5.74. The minimum absolute atomic E-state index is 0.0776. The van der Waals surface area contributed by atoms with Crippen LogP contribution in [0.2, 0.25) is 0 Å². The van der Waals surface area contributed by atoms with Crippen molar-refractivity contribution in [3.05, 3.63) is 53.7 Å². The van der Waals surface area contributed by atoms with Gasteiger partial charge >= 0.3 is 0 Å². The highest BCUT2D eigenvalue weighted by atomic mass is 16.5. The molecule has 3 heteroatoms. The van der Waals surface area contributed by atoms with Gasteiger partial charge in [0.2, 0.25) is 5.88 Å². The number of ether oxygens (including phenoxy) is 1. The van der Waals surface area contributed by atoms with Crippen LogP contribution in [0.15, 0.2) is 42.6 Å². The molecular weight excluding hydrogens is 238 g/mol. The van der Waals surface area contributed by atoms with E-state index in [4.69, 9.17) is 4.74 Å². The zero-order valence-corrected chi connectivity index (χ0v) is 11.4. The number of hydrogen-bond acceptors (Lipinski definition) is 3. The summed E-state index contributed by atoms with van der Waals surface area (Å²) in [4.78, 5) is 14.6. The first-order valence-corrected chi connectivity index (χ1v) is 6.19. The Kier molecular flexibility index (Phi) is 3.65. The second kappa shape index (κ2) is 5.22. The van der Waals surface area contributed by atoms with Crippen molar-refractivity contribution >= 4 is 6.29 Å². The van der Waals surface area contributed by atoms with Crippen LogP contribution in [0.1, 0.15) is 36.7 Å². The molecule has 0 atom stereocenters. The van der Waals surface area contributed by atoms with E-state index in [2.05, 4.69) is 31.8 Å². The average Bonchev–Trinajstić information content (AvgIpc) is 2.39. The van der Waals surface area contributed by atoms with Crippen molar-refractivity contribution in [2.75, 3.05) is 0 Å². The Bertz CT molecular complexity index is 568. The lowest BCUT2D eigenvalue weighted by atomic mass is 9.87. The Labute approximate surface area is 113 Å². The molecule has 0 unspecified atom stereocenters. The Balaban J connectivity index is 2.20. The number of carbonyl (C=O) groups is 1. The lowest BCUT2D eigenvalue weighted by Crippen LogP contribution is -2.10. The molecule has 0 fully saturated rings. The van der Waals surface area contributed by atoms with Crippen molar-refractivity contribution in [2.24, 2.45) is 0 Å². The molecule has 1 heterocycles. The van der Waals surface area contributed by atoms with Gasteiger partial charge in [0.05, 0.1) is 0 Å². The van der Waals surface area contributed by atoms with Crippen LogP contribution in [-0.4, -0.2) is 11.3 Å². The van der Waals surface area contributed by atoms with Crippen LogP contribution in [0.3, 0.4) is 0 Å². The van der Waals surface area contributed by atoms with Gasteiger partial charge in [-0.3, -0.25) is 4.79 Å². The summed E-state index contributed by atoms with van der Waals surface area (Å²) < 4.78 is 5.69. The molecule has 98 valence electrons. The van der Waals surface area contributed by atoms with E-state index in [0.717, 1.165) is 12.0 Å². The molecule has 0 radical (unpaired) electrons. The van der Waals surface area contributed by atoms with Crippen LogP contribution in [0, 0.1) is 0 Å². The van der Waals surface area contributed by atoms with Crippen molar-refractivity contribution in [3.8, 4) is 11.6 Å².